The first-order valence-corrected chi connectivity index (χ1v) is 12.4. The highest BCUT2D eigenvalue weighted by atomic mass is 35.5. The Kier molecular flexibility index (Phi) is 8.29. The smallest absolute Gasteiger partial charge is 0.230 e. The van der Waals surface area contributed by atoms with E-state index in [-0.39, 0.29) is 24.4 Å². The molecule has 0 bridgehead atoms. The fourth-order valence-electron chi connectivity index (χ4n) is 3.32. The van der Waals surface area contributed by atoms with Crippen LogP contribution in [0.5, 0.6) is 0 Å². The van der Waals surface area contributed by atoms with Gasteiger partial charge in [-0.1, -0.05) is 23.7 Å². The van der Waals surface area contributed by atoms with E-state index in [1.165, 1.54) is 36.5 Å². The minimum atomic E-state index is -0.723. The lowest BCUT2D eigenvalue weighted by Gasteiger charge is -2.16. The summed E-state index contributed by atoms with van der Waals surface area (Å²) in [5.41, 5.74) is 1.46. The van der Waals surface area contributed by atoms with E-state index in [2.05, 4.69) is 20.6 Å². The zero-order valence-corrected chi connectivity index (χ0v) is 21.4. The number of aromatic nitrogens is 2. The second kappa shape index (κ2) is 11.0. The molecule has 3 aromatic rings. The lowest BCUT2D eigenvalue weighted by Crippen LogP contribution is -2.29. The number of halogens is 1. The average Bonchev–Trinajstić information content (AvgIpc) is 3.30. The van der Waals surface area contributed by atoms with Crippen LogP contribution in [0.25, 0.3) is 0 Å². The molecule has 2 amide bonds. The van der Waals surface area contributed by atoms with Gasteiger partial charge in [-0.3, -0.25) is 19.2 Å². The lowest BCUT2D eigenvalue weighted by molar-refractivity contribution is -0.124. The highest BCUT2D eigenvalue weighted by Gasteiger charge is 2.25. The molecule has 1 atom stereocenters. The predicted octanol–water partition coefficient (Wildman–Crippen LogP) is 5.10. The molecule has 0 aliphatic heterocycles. The maximum Gasteiger partial charge on any atom is 0.230 e. The first-order valence-electron chi connectivity index (χ1n) is 10.4. The number of aryl methyl sites for hydroxylation is 2. The van der Waals surface area contributed by atoms with Crippen molar-refractivity contribution in [1.82, 2.24) is 9.97 Å². The molecule has 1 aromatic carbocycles. The summed E-state index contributed by atoms with van der Waals surface area (Å²) in [6, 6.07) is 7.03. The van der Waals surface area contributed by atoms with E-state index in [1.807, 2.05) is 0 Å². The summed E-state index contributed by atoms with van der Waals surface area (Å²) in [4.78, 5) is 59.0. The van der Waals surface area contributed by atoms with Gasteiger partial charge >= 0.3 is 0 Å². The van der Waals surface area contributed by atoms with Crippen LogP contribution in [-0.2, 0) is 16.0 Å². The molecule has 0 aliphatic carbocycles. The van der Waals surface area contributed by atoms with Crippen LogP contribution < -0.4 is 10.6 Å². The Hall–Kier alpha value is -2.95. The molecule has 0 radical (unpaired) electrons. The Balaban J connectivity index is 1.77. The van der Waals surface area contributed by atoms with Gasteiger partial charge in [0.1, 0.15) is 11.4 Å². The number of ketones is 2. The molecule has 0 aliphatic rings. The maximum absolute atomic E-state index is 13.1. The van der Waals surface area contributed by atoms with E-state index in [0.717, 1.165) is 5.56 Å². The number of hydrogen-bond donors (Lipinski definition) is 2. The van der Waals surface area contributed by atoms with E-state index in [0.29, 0.717) is 36.4 Å². The summed E-state index contributed by atoms with van der Waals surface area (Å²) >= 11 is 8.37. The number of rotatable bonds is 9. The largest absolute Gasteiger partial charge is 0.302 e. The molecular weight excluding hydrogens is 496 g/mol. The molecule has 0 spiro atoms. The quantitative estimate of drug-likeness (QED) is 0.380. The Bertz CT molecular complexity index is 1250. The number of carbonyl (C=O) groups is 4. The number of nitrogens with one attached hydrogen (secondary N) is 2. The van der Waals surface area contributed by atoms with Crippen molar-refractivity contribution < 1.29 is 19.2 Å². The minimum absolute atomic E-state index is 0.119. The molecule has 2 N–H and O–H groups in total. The first kappa shape index (κ1) is 25.7. The lowest BCUT2D eigenvalue weighted by atomic mass is 9.95. The number of amides is 2. The maximum atomic E-state index is 13.1. The van der Waals surface area contributed by atoms with E-state index < -0.39 is 17.7 Å². The number of benzene rings is 1. The molecule has 0 fully saturated rings. The Labute approximate surface area is 209 Å². The Morgan fingerprint density at radius 1 is 0.882 bits per heavy atom. The van der Waals surface area contributed by atoms with Gasteiger partial charge in [-0.05, 0) is 38.0 Å². The Morgan fingerprint density at radius 3 is 1.85 bits per heavy atom. The van der Waals surface area contributed by atoms with Crippen LogP contribution in [0.4, 0.5) is 10.3 Å². The highest BCUT2D eigenvalue weighted by Crippen LogP contribution is 2.26. The SMILES string of the molecule is CC(=O)c1nc(NC(=O)C[C@@H](Cc2ccc(Cl)cc2)C(=O)Nc2nc(C(C)=O)c(C)s2)sc1C. The summed E-state index contributed by atoms with van der Waals surface area (Å²) in [6.07, 6.45) is 0.169. The van der Waals surface area contributed by atoms with E-state index in [4.69, 9.17) is 11.6 Å². The molecule has 2 heterocycles. The van der Waals surface area contributed by atoms with Crippen LogP contribution in [-0.4, -0.2) is 33.3 Å². The third kappa shape index (κ3) is 6.55. The molecule has 8 nitrogen and oxygen atoms in total. The van der Waals surface area contributed by atoms with Crippen molar-refractivity contribution in [2.24, 2.45) is 5.92 Å². The number of anilines is 2. The summed E-state index contributed by atoms with van der Waals surface area (Å²) < 4.78 is 0. The van der Waals surface area contributed by atoms with Gasteiger partial charge in [0.05, 0.1) is 5.92 Å². The Morgan fingerprint density at radius 2 is 1.38 bits per heavy atom. The number of nitrogens with zero attached hydrogens (tertiary/aromatic N) is 2. The van der Waals surface area contributed by atoms with Crippen LogP contribution in [0.3, 0.4) is 0 Å². The fourth-order valence-corrected chi connectivity index (χ4v) is 5.19. The second-order valence-corrected chi connectivity index (χ2v) is 10.6. The van der Waals surface area contributed by atoms with Crippen molar-refractivity contribution >= 4 is 67.9 Å². The second-order valence-electron chi connectivity index (χ2n) is 7.73. The van der Waals surface area contributed by atoms with Gasteiger partial charge in [-0.15, -0.1) is 22.7 Å². The first-order chi connectivity index (χ1) is 16.0. The van der Waals surface area contributed by atoms with E-state index >= 15 is 0 Å². The number of carbonyl (C=O) groups excluding carboxylic acids is 4. The molecule has 0 saturated heterocycles. The van der Waals surface area contributed by atoms with Crippen LogP contribution in [0, 0.1) is 19.8 Å². The van der Waals surface area contributed by atoms with Gasteiger partial charge in [-0.25, -0.2) is 9.97 Å². The van der Waals surface area contributed by atoms with Crippen molar-refractivity contribution in [2.45, 2.75) is 40.5 Å². The van der Waals surface area contributed by atoms with Gasteiger partial charge in [-0.2, -0.15) is 0 Å². The van der Waals surface area contributed by atoms with Crippen molar-refractivity contribution in [2.75, 3.05) is 10.6 Å². The fraction of sp³-hybridized carbons (Fsp3) is 0.304. The van der Waals surface area contributed by atoms with Gasteiger partial charge in [0.25, 0.3) is 0 Å². The van der Waals surface area contributed by atoms with Crippen molar-refractivity contribution in [3.63, 3.8) is 0 Å². The summed E-state index contributed by atoms with van der Waals surface area (Å²) in [6.45, 7) is 6.34. The minimum Gasteiger partial charge on any atom is -0.302 e. The van der Waals surface area contributed by atoms with E-state index in [1.54, 1.807) is 38.1 Å². The molecule has 34 heavy (non-hydrogen) atoms. The number of hydrogen-bond acceptors (Lipinski definition) is 8. The summed E-state index contributed by atoms with van der Waals surface area (Å²) in [5.74, 6) is -1.89. The standard InChI is InChI=1S/C23H23ClN4O4S2/c1-11(29)19-13(3)33-22(26-19)25-18(31)10-16(9-15-5-7-17(24)8-6-15)21(32)28-23-27-20(12(2)30)14(4)34-23/h5-8,16H,9-10H2,1-4H3,(H,25,26,31)(H,27,28,32)/t16-/m1/s1. The third-order valence-electron chi connectivity index (χ3n) is 4.93. The van der Waals surface area contributed by atoms with Gasteiger partial charge in [0.15, 0.2) is 21.8 Å². The molecule has 11 heteroatoms. The average molecular weight is 519 g/mol. The van der Waals surface area contributed by atoms with Gasteiger partial charge < -0.3 is 10.6 Å². The monoisotopic (exact) mass is 518 g/mol. The van der Waals surface area contributed by atoms with Crippen LogP contribution in [0.2, 0.25) is 5.02 Å². The van der Waals surface area contributed by atoms with Crippen molar-refractivity contribution in [3.05, 3.63) is 56.0 Å². The molecule has 0 saturated carbocycles. The van der Waals surface area contributed by atoms with Crippen LogP contribution in [0.15, 0.2) is 24.3 Å². The normalized spacial score (nSPS) is 11.7. The topological polar surface area (TPSA) is 118 Å². The van der Waals surface area contributed by atoms with Crippen LogP contribution in [0.1, 0.15) is 56.6 Å². The summed E-state index contributed by atoms with van der Waals surface area (Å²) in [7, 11) is 0. The predicted molar refractivity (Wildman–Crippen MR) is 134 cm³/mol. The van der Waals surface area contributed by atoms with Crippen LogP contribution >= 0.6 is 34.3 Å². The van der Waals surface area contributed by atoms with Crippen molar-refractivity contribution in [1.29, 1.82) is 0 Å². The third-order valence-corrected chi connectivity index (χ3v) is 6.96. The highest BCUT2D eigenvalue weighted by molar-refractivity contribution is 7.16. The molecule has 178 valence electrons. The van der Waals surface area contributed by atoms with Gasteiger partial charge in [0, 0.05) is 35.0 Å². The van der Waals surface area contributed by atoms with E-state index in [9.17, 15) is 19.2 Å². The van der Waals surface area contributed by atoms with Gasteiger partial charge in [0.2, 0.25) is 11.8 Å². The van der Waals surface area contributed by atoms with Crippen molar-refractivity contribution in [3.8, 4) is 0 Å². The molecule has 2 aromatic heterocycles. The number of Topliss-reactive ketones (excluding diaryl/α,β-unsaturated/α-hetero) is 2. The zero-order valence-electron chi connectivity index (χ0n) is 19.0. The molecule has 0 unspecified atom stereocenters. The molecule has 3 rings (SSSR count). The molecular formula is C23H23ClN4O4S2. The zero-order chi connectivity index (χ0) is 25.0. The number of thiazole rings is 2. The summed E-state index contributed by atoms with van der Waals surface area (Å²) in [5, 5.41) is 6.60.